The Kier molecular flexibility index (Phi) is 6.35. The van der Waals surface area contributed by atoms with Gasteiger partial charge in [-0.1, -0.05) is 20.8 Å². The molecule has 1 N–H and O–H groups in total. The number of carbonyl (C=O) groups is 1. The van der Waals surface area contributed by atoms with Gasteiger partial charge in [0, 0.05) is 17.7 Å². The molecular formula is C20H16F3N3O5. The number of benzene rings is 1. The maximum atomic E-state index is 12.6. The molecule has 0 spiro atoms. The Hall–Kier alpha value is -3.94. The number of carbonyl (C=O) groups excluding carboxylic acids is 1. The van der Waals surface area contributed by atoms with Crippen LogP contribution in [0.5, 0.6) is 11.6 Å². The van der Waals surface area contributed by atoms with Crippen molar-refractivity contribution in [1.82, 2.24) is 4.98 Å². The number of nitro benzene ring substituents is 1. The van der Waals surface area contributed by atoms with Crippen molar-refractivity contribution in [3.8, 4) is 17.7 Å². The number of rotatable bonds is 5. The molecule has 0 aliphatic heterocycles. The van der Waals surface area contributed by atoms with Crippen LogP contribution in [0.1, 0.15) is 31.9 Å². The molecule has 0 bridgehead atoms. The molecule has 0 atom stereocenters. The SMILES string of the molecule is CC(C)(C)C(=O)C(C#N)=C(O)c1ccc(Oc2ccc(C(F)(F)F)cn2)cc1[N+](=O)[O-]. The van der Waals surface area contributed by atoms with Crippen LogP contribution in [0.2, 0.25) is 0 Å². The number of ketones is 1. The fraction of sp³-hybridized carbons (Fsp3) is 0.250. The van der Waals surface area contributed by atoms with Gasteiger partial charge in [-0.3, -0.25) is 14.9 Å². The van der Waals surface area contributed by atoms with Gasteiger partial charge in [0.25, 0.3) is 5.69 Å². The Balaban J connectivity index is 2.46. The van der Waals surface area contributed by atoms with Crippen LogP contribution in [0.15, 0.2) is 42.1 Å². The number of nitriles is 1. The van der Waals surface area contributed by atoms with Crippen molar-refractivity contribution in [2.45, 2.75) is 26.9 Å². The number of alkyl halides is 3. The van der Waals surface area contributed by atoms with E-state index < -0.39 is 50.4 Å². The van der Waals surface area contributed by atoms with Gasteiger partial charge in [-0.25, -0.2) is 4.98 Å². The molecule has 2 rings (SSSR count). The number of pyridine rings is 1. The lowest BCUT2D eigenvalue weighted by Crippen LogP contribution is -2.22. The number of aliphatic hydroxyl groups is 1. The third kappa shape index (κ3) is 5.36. The quantitative estimate of drug-likeness (QED) is 0.225. The highest BCUT2D eigenvalue weighted by Gasteiger charge is 2.32. The minimum atomic E-state index is -4.58. The first-order valence-electron chi connectivity index (χ1n) is 8.63. The molecule has 2 aromatic rings. The van der Waals surface area contributed by atoms with Gasteiger partial charge in [0.15, 0.2) is 11.5 Å². The van der Waals surface area contributed by atoms with E-state index in [2.05, 4.69) is 4.98 Å². The molecule has 0 saturated carbocycles. The summed E-state index contributed by atoms with van der Waals surface area (Å²) in [5.74, 6) is -1.99. The average molecular weight is 435 g/mol. The first-order chi connectivity index (χ1) is 14.3. The molecule has 11 heteroatoms. The first-order valence-corrected chi connectivity index (χ1v) is 8.63. The molecule has 1 aromatic carbocycles. The predicted octanol–water partition coefficient (Wildman–Crippen LogP) is 5.21. The number of hydrogen-bond acceptors (Lipinski definition) is 7. The summed E-state index contributed by atoms with van der Waals surface area (Å²) in [6.07, 6.45) is -4.04. The topological polar surface area (TPSA) is 126 Å². The molecule has 1 aromatic heterocycles. The maximum Gasteiger partial charge on any atom is 0.417 e. The van der Waals surface area contributed by atoms with Crippen LogP contribution in [0.25, 0.3) is 5.76 Å². The Morgan fingerprint density at radius 2 is 1.87 bits per heavy atom. The number of ether oxygens (including phenoxy) is 1. The minimum Gasteiger partial charge on any atom is -0.506 e. The molecule has 8 nitrogen and oxygen atoms in total. The second-order valence-corrected chi connectivity index (χ2v) is 7.34. The van der Waals surface area contributed by atoms with Gasteiger partial charge in [-0.15, -0.1) is 0 Å². The fourth-order valence-corrected chi connectivity index (χ4v) is 2.38. The van der Waals surface area contributed by atoms with Crippen LogP contribution in [-0.4, -0.2) is 20.8 Å². The number of nitro groups is 1. The number of hydrogen-bond donors (Lipinski definition) is 1. The second kappa shape index (κ2) is 8.43. The van der Waals surface area contributed by atoms with E-state index in [-0.39, 0.29) is 11.6 Å². The molecule has 0 unspecified atom stereocenters. The van der Waals surface area contributed by atoms with E-state index in [9.17, 15) is 38.4 Å². The van der Waals surface area contributed by atoms with Crippen molar-refractivity contribution in [2.24, 2.45) is 5.41 Å². The minimum absolute atomic E-state index is 0.156. The number of Topliss-reactive ketones (excluding diaryl/α,β-unsaturated/α-hetero) is 1. The number of halogens is 3. The molecule has 0 fully saturated rings. The summed E-state index contributed by atoms with van der Waals surface area (Å²) >= 11 is 0. The van der Waals surface area contributed by atoms with Crippen molar-refractivity contribution >= 4 is 17.2 Å². The molecule has 0 radical (unpaired) electrons. The van der Waals surface area contributed by atoms with E-state index in [1.165, 1.54) is 26.8 Å². The molecule has 0 aliphatic carbocycles. The molecule has 31 heavy (non-hydrogen) atoms. The Morgan fingerprint density at radius 3 is 2.32 bits per heavy atom. The molecule has 0 aliphatic rings. The fourth-order valence-electron chi connectivity index (χ4n) is 2.38. The predicted molar refractivity (Wildman–Crippen MR) is 102 cm³/mol. The van der Waals surface area contributed by atoms with Crippen LogP contribution in [0.3, 0.4) is 0 Å². The van der Waals surface area contributed by atoms with Crippen molar-refractivity contribution in [3.63, 3.8) is 0 Å². The molecule has 0 amide bonds. The standard InChI is InChI=1S/C20H16F3N3O5/c1-19(2,3)18(28)14(9-24)17(27)13-6-5-12(8-15(13)26(29)30)31-16-7-4-11(10-25-16)20(21,22)23/h4-8,10,27H,1-3H3. The Morgan fingerprint density at radius 1 is 1.23 bits per heavy atom. The van der Waals surface area contributed by atoms with E-state index >= 15 is 0 Å². The summed E-state index contributed by atoms with van der Waals surface area (Å²) in [7, 11) is 0. The van der Waals surface area contributed by atoms with Gasteiger partial charge >= 0.3 is 6.18 Å². The third-order valence-electron chi connectivity index (χ3n) is 3.96. The number of aromatic nitrogens is 1. The van der Waals surface area contributed by atoms with E-state index in [0.717, 1.165) is 24.3 Å². The van der Waals surface area contributed by atoms with Gasteiger partial charge in [0.1, 0.15) is 17.4 Å². The van der Waals surface area contributed by atoms with Crippen molar-refractivity contribution in [2.75, 3.05) is 0 Å². The van der Waals surface area contributed by atoms with Gasteiger partial charge in [0.2, 0.25) is 5.88 Å². The molecular weight excluding hydrogens is 419 g/mol. The van der Waals surface area contributed by atoms with Crippen LogP contribution in [0, 0.1) is 26.9 Å². The van der Waals surface area contributed by atoms with Crippen molar-refractivity contribution < 1.29 is 32.7 Å². The zero-order valence-electron chi connectivity index (χ0n) is 16.5. The summed E-state index contributed by atoms with van der Waals surface area (Å²) in [4.78, 5) is 26.5. The average Bonchev–Trinajstić information content (AvgIpc) is 2.67. The maximum absolute atomic E-state index is 12.6. The monoisotopic (exact) mass is 435 g/mol. The Labute approximate surface area is 174 Å². The lowest BCUT2D eigenvalue weighted by molar-refractivity contribution is -0.385. The highest BCUT2D eigenvalue weighted by Crippen LogP contribution is 2.34. The highest BCUT2D eigenvalue weighted by atomic mass is 19.4. The van der Waals surface area contributed by atoms with E-state index in [1.807, 2.05) is 0 Å². The van der Waals surface area contributed by atoms with Crippen LogP contribution >= 0.6 is 0 Å². The van der Waals surface area contributed by atoms with Crippen molar-refractivity contribution in [1.29, 1.82) is 5.26 Å². The summed E-state index contributed by atoms with van der Waals surface area (Å²) < 4.78 is 43.1. The zero-order valence-corrected chi connectivity index (χ0v) is 16.5. The molecule has 0 saturated heterocycles. The lowest BCUT2D eigenvalue weighted by Gasteiger charge is -2.16. The van der Waals surface area contributed by atoms with E-state index in [4.69, 9.17) is 4.74 Å². The smallest absolute Gasteiger partial charge is 0.417 e. The summed E-state index contributed by atoms with van der Waals surface area (Å²) in [6, 6.07) is 6.36. The van der Waals surface area contributed by atoms with E-state index in [0.29, 0.717) is 6.20 Å². The van der Waals surface area contributed by atoms with Crippen LogP contribution in [-0.2, 0) is 11.0 Å². The lowest BCUT2D eigenvalue weighted by atomic mass is 9.85. The Bertz CT molecular complexity index is 1100. The zero-order chi connectivity index (χ0) is 23.6. The van der Waals surface area contributed by atoms with Crippen molar-refractivity contribution in [3.05, 3.63) is 63.3 Å². The van der Waals surface area contributed by atoms with Crippen LogP contribution < -0.4 is 4.74 Å². The van der Waals surface area contributed by atoms with Crippen LogP contribution in [0.4, 0.5) is 18.9 Å². The normalized spacial score (nSPS) is 12.5. The highest BCUT2D eigenvalue weighted by molar-refractivity contribution is 6.08. The summed E-state index contributed by atoms with van der Waals surface area (Å²) in [6.45, 7) is 4.55. The summed E-state index contributed by atoms with van der Waals surface area (Å²) in [5, 5.41) is 31.2. The van der Waals surface area contributed by atoms with E-state index in [1.54, 1.807) is 6.07 Å². The number of nitrogens with zero attached hydrogens (tertiary/aromatic N) is 3. The molecule has 1 heterocycles. The van der Waals surface area contributed by atoms with Gasteiger partial charge < -0.3 is 9.84 Å². The first kappa shape index (κ1) is 23.3. The largest absolute Gasteiger partial charge is 0.506 e. The van der Waals surface area contributed by atoms with Gasteiger partial charge in [-0.05, 0) is 18.2 Å². The molecule has 162 valence electrons. The third-order valence-corrected chi connectivity index (χ3v) is 3.96. The number of aliphatic hydroxyl groups excluding tert-OH is 1. The second-order valence-electron chi connectivity index (χ2n) is 7.34. The number of allylic oxidation sites excluding steroid dienone is 1. The summed E-state index contributed by atoms with van der Waals surface area (Å²) in [5.41, 5.74) is -3.74. The van der Waals surface area contributed by atoms with Gasteiger partial charge in [-0.2, -0.15) is 18.4 Å². The van der Waals surface area contributed by atoms with Gasteiger partial charge in [0.05, 0.1) is 22.1 Å².